The molecule has 4 heterocycles. The van der Waals surface area contributed by atoms with E-state index in [4.69, 9.17) is 4.74 Å². The average molecular weight is 388 g/mol. The maximum absolute atomic E-state index is 12.4. The molecule has 3 saturated heterocycles. The fraction of sp³-hybridized carbons (Fsp3) is 0.650. The highest BCUT2D eigenvalue weighted by atomic mass is 16.6. The topological polar surface area (TPSA) is 86.2 Å². The van der Waals surface area contributed by atoms with Gasteiger partial charge in [0.1, 0.15) is 6.10 Å². The largest absolute Gasteiger partial charge is 0.481 e. The third-order valence-corrected chi connectivity index (χ3v) is 6.15. The highest BCUT2D eigenvalue weighted by molar-refractivity contribution is 5.71. The molecule has 0 bridgehead atoms. The van der Waals surface area contributed by atoms with Gasteiger partial charge in [0.05, 0.1) is 12.5 Å². The molecule has 152 valence electrons. The van der Waals surface area contributed by atoms with Crippen molar-refractivity contribution in [3.05, 3.63) is 24.5 Å². The number of nitrogens with zero attached hydrogens (tertiary/aromatic N) is 4. The number of amides is 1. The Hall–Kier alpha value is -2.35. The molecule has 0 radical (unpaired) electrons. The van der Waals surface area contributed by atoms with E-state index in [1.54, 1.807) is 12.4 Å². The lowest BCUT2D eigenvalue weighted by atomic mass is 9.98. The number of likely N-dealkylation sites (tertiary alicyclic amines) is 1. The van der Waals surface area contributed by atoms with E-state index in [-0.39, 0.29) is 24.2 Å². The van der Waals surface area contributed by atoms with Gasteiger partial charge in [0, 0.05) is 50.3 Å². The fourth-order valence-corrected chi connectivity index (χ4v) is 4.64. The van der Waals surface area contributed by atoms with Crippen LogP contribution in [0.25, 0.3) is 0 Å². The van der Waals surface area contributed by atoms with Gasteiger partial charge in [-0.2, -0.15) is 0 Å². The number of carboxylic acid groups (broad SMARTS) is 1. The van der Waals surface area contributed by atoms with Crippen molar-refractivity contribution in [2.45, 2.75) is 37.8 Å². The smallest absolute Gasteiger partial charge is 0.410 e. The molecule has 1 N–H and O–H groups in total. The summed E-state index contributed by atoms with van der Waals surface area (Å²) in [6, 6.07) is 4.25. The molecule has 2 unspecified atom stereocenters. The minimum absolute atomic E-state index is 0.168. The Morgan fingerprint density at radius 3 is 2.61 bits per heavy atom. The Bertz CT molecular complexity index is 693. The molecule has 1 aromatic rings. The van der Waals surface area contributed by atoms with E-state index < -0.39 is 5.97 Å². The van der Waals surface area contributed by atoms with Crippen LogP contribution in [0.4, 0.5) is 10.5 Å². The summed E-state index contributed by atoms with van der Waals surface area (Å²) in [6.07, 6.45) is 6.69. The summed E-state index contributed by atoms with van der Waals surface area (Å²) in [5, 5.41) is 9.25. The number of hydrogen-bond donors (Lipinski definition) is 1. The lowest BCUT2D eigenvalue weighted by molar-refractivity contribution is -0.143. The van der Waals surface area contributed by atoms with Gasteiger partial charge in [0.15, 0.2) is 0 Å². The van der Waals surface area contributed by atoms with E-state index in [9.17, 15) is 14.7 Å². The van der Waals surface area contributed by atoms with Crippen LogP contribution in [0.3, 0.4) is 0 Å². The van der Waals surface area contributed by atoms with Crippen LogP contribution in [0, 0.1) is 5.92 Å². The molecule has 28 heavy (non-hydrogen) atoms. The third kappa shape index (κ3) is 4.22. The standard InChI is InChI=1S/C20H28N4O4/c25-19(26)15-2-1-9-22(12-15)13-18-14-24(20(27)28-18)17-5-10-23(11-6-17)16-3-7-21-8-4-16/h3-4,7-8,15,17-18H,1-2,5-6,9-14H2,(H,25,26). The van der Waals surface area contributed by atoms with Crippen molar-refractivity contribution in [2.75, 3.05) is 44.2 Å². The molecule has 2 atom stereocenters. The zero-order valence-electron chi connectivity index (χ0n) is 16.1. The van der Waals surface area contributed by atoms with Crippen molar-refractivity contribution >= 4 is 17.7 Å². The van der Waals surface area contributed by atoms with Crippen LogP contribution in [0.15, 0.2) is 24.5 Å². The highest BCUT2D eigenvalue weighted by Gasteiger charge is 2.39. The van der Waals surface area contributed by atoms with Crippen LogP contribution >= 0.6 is 0 Å². The monoisotopic (exact) mass is 388 g/mol. The van der Waals surface area contributed by atoms with Gasteiger partial charge in [-0.25, -0.2) is 4.79 Å². The summed E-state index contributed by atoms with van der Waals surface area (Å²) in [5.41, 5.74) is 1.17. The van der Waals surface area contributed by atoms with Gasteiger partial charge in [-0.3, -0.25) is 14.7 Å². The maximum Gasteiger partial charge on any atom is 0.410 e. The molecule has 3 aliphatic rings. The van der Waals surface area contributed by atoms with Gasteiger partial charge in [0.2, 0.25) is 0 Å². The normalized spacial score (nSPS) is 27.1. The number of ether oxygens (including phenoxy) is 1. The number of aliphatic carboxylic acids is 1. The van der Waals surface area contributed by atoms with Crippen LogP contribution in [0.2, 0.25) is 0 Å². The predicted molar refractivity (Wildman–Crippen MR) is 103 cm³/mol. The summed E-state index contributed by atoms with van der Waals surface area (Å²) < 4.78 is 5.61. The molecular formula is C20H28N4O4. The lowest BCUT2D eigenvalue weighted by Gasteiger charge is -2.37. The molecule has 8 nitrogen and oxygen atoms in total. The van der Waals surface area contributed by atoms with Crippen LogP contribution in [-0.2, 0) is 9.53 Å². The van der Waals surface area contributed by atoms with Crippen molar-refractivity contribution in [3.63, 3.8) is 0 Å². The van der Waals surface area contributed by atoms with E-state index in [0.717, 1.165) is 45.3 Å². The van der Waals surface area contributed by atoms with Gasteiger partial charge in [-0.1, -0.05) is 0 Å². The van der Waals surface area contributed by atoms with Crippen molar-refractivity contribution in [1.82, 2.24) is 14.8 Å². The predicted octanol–water partition coefficient (Wildman–Crippen LogP) is 1.67. The first-order valence-corrected chi connectivity index (χ1v) is 10.2. The van der Waals surface area contributed by atoms with E-state index in [0.29, 0.717) is 19.6 Å². The molecule has 8 heteroatoms. The summed E-state index contributed by atoms with van der Waals surface area (Å²) in [6.45, 7) is 4.48. The van der Waals surface area contributed by atoms with Crippen LogP contribution in [0.5, 0.6) is 0 Å². The summed E-state index contributed by atoms with van der Waals surface area (Å²) in [4.78, 5) is 34.1. The van der Waals surface area contributed by atoms with Crippen molar-refractivity contribution in [3.8, 4) is 0 Å². The molecular weight excluding hydrogens is 360 g/mol. The van der Waals surface area contributed by atoms with Gasteiger partial charge >= 0.3 is 12.1 Å². The van der Waals surface area contributed by atoms with E-state index in [1.165, 1.54) is 5.69 Å². The van der Waals surface area contributed by atoms with E-state index in [2.05, 4.69) is 14.8 Å². The second kappa shape index (κ2) is 8.34. The number of carbonyl (C=O) groups excluding carboxylic acids is 1. The Balaban J connectivity index is 1.28. The molecule has 3 aliphatic heterocycles. The molecule has 4 rings (SSSR count). The molecule has 1 aromatic heterocycles. The number of rotatable bonds is 5. The minimum atomic E-state index is -0.726. The number of piperidine rings is 2. The Kier molecular flexibility index (Phi) is 5.66. The van der Waals surface area contributed by atoms with Crippen LogP contribution < -0.4 is 4.90 Å². The molecule has 1 amide bonds. The number of anilines is 1. The van der Waals surface area contributed by atoms with Gasteiger partial charge in [-0.05, 0) is 44.4 Å². The Labute approximate surface area is 165 Å². The summed E-state index contributed by atoms with van der Waals surface area (Å²) in [5.74, 6) is -1.03. The molecule has 3 fully saturated rings. The van der Waals surface area contributed by atoms with Crippen molar-refractivity contribution in [1.29, 1.82) is 0 Å². The van der Waals surface area contributed by atoms with E-state index in [1.807, 2.05) is 17.0 Å². The second-order valence-corrected chi connectivity index (χ2v) is 8.02. The minimum Gasteiger partial charge on any atom is -0.481 e. The lowest BCUT2D eigenvalue weighted by Crippen LogP contribution is -2.46. The summed E-state index contributed by atoms with van der Waals surface area (Å²) >= 11 is 0. The maximum atomic E-state index is 12.4. The number of cyclic esters (lactones) is 1. The number of carboxylic acids is 1. The van der Waals surface area contributed by atoms with Gasteiger partial charge in [0.25, 0.3) is 0 Å². The first-order chi connectivity index (χ1) is 13.6. The average Bonchev–Trinajstić information content (AvgIpc) is 3.09. The fourth-order valence-electron chi connectivity index (χ4n) is 4.64. The number of carbonyl (C=O) groups is 2. The first-order valence-electron chi connectivity index (χ1n) is 10.2. The first kappa shape index (κ1) is 19.0. The SMILES string of the molecule is O=C(O)C1CCCN(CC2CN(C3CCN(c4ccncc4)CC3)C(=O)O2)C1. The zero-order chi connectivity index (χ0) is 19.5. The molecule has 0 aromatic carbocycles. The van der Waals surface area contributed by atoms with Crippen LogP contribution in [0.1, 0.15) is 25.7 Å². The number of aromatic nitrogens is 1. The van der Waals surface area contributed by atoms with Crippen molar-refractivity contribution in [2.24, 2.45) is 5.92 Å². The summed E-state index contributed by atoms with van der Waals surface area (Å²) in [7, 11) is 0. The van der Waals surface area contributed by atoms with Crippen molar-refractivity contribution < 1.29 is 19.4 Å². The molecule has 0 aliphatic carbocycles. The van der Waals surface area contributed by atoms with Gasteiger partial charge < -0.3 is 19.6 Å². The highest BCUT2D eigenvalue weighted by Crippen LogP contribution is 2.26. The second-order valence-electron chi connectivity index (χ2n) is 8.02. The quantitative estimate of drug-likeness (QED) is 0.821. The van der Waals surface area contributed by atoms with Crippen LogP contribution in [-0.4, -0.2) is 83.4 Å². The molecule has 0 saturated carbocycles. The van der Waals surface area contributed by atoms with E-state index >= 15 is 0 Å². The third-order valence-electron chi connectivity index (χ3n) is 6.15. The number of pyridine rings is 1. The Morgan fingerprint density at radius 1 is 1.14 bits per heavy atom. The molecule has 0 spiro atoms. The number of hydrogen-bond acceptors (Lipinski definition) is 6. The van der Waals surface area contributed by atoms with Gasteiger partial charge in [-0.15, -0.1) is 0 Å². The Morgan fingerprint density at radius 2 is 1.89 bits per heavy atom. The zero-order valence-corrected chi connectivity index (χ0v) is 16.1.